The summed E-state index contributed by atoms with van der Waals surface area (Å²) in [5, 5.41) is 0. The molecular weight excluding hydrogens is 151 g/mol. The van der Waals surface area contributed by atoms with E-state index < -0.39 is 16.3 Å². The standard InChI is InChI=1S/C3H7FO4S/c1-3(2,4)8-9(5,6)7/h1-2H3,(H,5,6,7). The van der Waals surface area contributed by atoms with E-state index in [0.717, 1.165) is 13.8 Å². The molecule has 0 spiro atoms. The average molecular weight is 158 g/mol. The maximum atomic E-state index is 12.1. The van der Waals surface area contributed by atoms with Crippen molar-refractivity contribution in [2.75, 3.05) is 0 Å². The second-order valence-corrected chi connectivity index (χ2v) is 2.90. The molecule has 0 aliphatic heterocycles. The second-order valence-electron chi connectivity index (χ2n) is 1.87. The summed E-state index contributed by atoms with van der Waals surface area (Å²) in [5.74, 6) is -2.35. The van der Waals surface area contributed by atoms with Crippen molar-refractivity contribution >= 4 is 10.4 Å². The minimum atomic E-state index is -4.66. The predicted octanol–water partition coefficient (Wildman–Crippen LogP) is 0.511. The van der Waals surface area contributed by atoms with E-state index in [1.807, 2.05) is 0 Å². The average Bonchev–Trinajstić information content (AvgIpc) is 1.14. The normalized spacial score (nSPS) is 13.8. The zero-order chi connectivity index (χ0) is 7.71. The Morgan fingerprint density at radius 3 is 1.89 bits per heavy atom. The van der Waals surface area contributed by atoms with Crippen molar-refractivity contribution in [2.45, 2.75) is 19.7 Å². The highest BCUT2D eigenvalue weighted by atomic mass is 32.3. The molecule has 4 nitrogen and oxygen atoms in total. The van der Waals surface area contributed by atoms with Gasteiger partial charge >= 0.3 is 10.4 Å². The van der Waals surface area contributed by atoms with Crippen LogP contribution in [0.4, 0.5) is 4.39 Å². The molecule has 0 heterocycles. The van der Waals surface area contributed by atoms with E-state index in [4.69, 9.17) is 4.55 Å². The van der Waals surface area contributed by atoms with Gasteiger partial charge in [-0.3, -0.25) is 4.55 Å². The molecular formula is C3H7FO4S. The molecule has 0 bridgehead atoms. The lowest BCUT2D eigenvalue weighted by atomic mass is 10.4. The lowest BCUT2D eigenvalue weighted by molar-refractivity contribution is -0.0281. The molecule has 0 unspecified atom stereocenters. The quantitative estimate of drug-likeness (QED) is 0.595. The Kier molecular flexibility index (Phi) is 2.15. The molecule has 0 aliphatic carbocycles. The Morgan fingerprint density at radius 2 is 1.89 bits per heavy atom. The van der Waals surface area contributed by atoms with E-state index in [1.165, 1.54) is 0 Å². The van der Waals surface area contributed by atoms with Crippen LogP contribution in [-0.4, -0.2) is 18.8 Å². The maximum Gasteiger partial charge on any atom is 0.400 e. The van der Waals surface area contributed by atoms with Crippen LogP contribution in [0.15, 0.2) is 0 Å². The molecule has 0 aliphatic rings. The zero-order valence-electron chi connectivity index (χ0n) is 4.96. The van der Waals surface area contributed by atoms with E-state index in [9.17, 15) is 12.8 Å². The minimum absolute atomic E-state index is 0.862. The molecule has 0 aromatic rings. The first-order valence-corrected chi connectivity index (χ1v) is 3.44. The van der Waals surface area contributed by atoms with Gasteiger partial charge in [0.1, 0.15) is 0 Å². The summed E-state index contributed by atoms with van der Waals surface area (Å²) in [6.07, 6.45) is 0. The van der Waals surface area contributed by atoms with Gasteiger partial charge in [0.2, 0.25) is 5.85 Å². The SMILES string of the molecule is CC(C)(F)OS(=O)(=O)O. The van der Waals surface area contributed by atoms with Crippen molar-refractivity contribution < 1.29 is 21.5 Å². The molecule has 0 radical (unpaired) electrons. The van der Waals surface area contributed by atoms with Gasteiger partial charge in [-0.25, -0.2) is 8.57 Å². The fourth-order valence-electron chi connectivity index (χ4n) is 0.250. The van der Waals surface area contributed by atoms with Crippen molar-refractivity contribution in [3.8, 4) is 0 Å². The summed E-state index contributed by atoms with van der Waals surface area (Å²) in [6, 6.07) is 0. The molecule has 0 rings (SSSR count). The molecule has 0 amide bonds. The Morgan fingerprint density at radius 1 is 1.56 bits per heavy atom. The Bertz CT molecular complexity index is 176. The van der Waals surface area contributed by atoms with Gasteiger partial charge in [-0.15, -0.1) is 0 Å². The van der Waals surface area contributed by atoms with Gasteiger partial charge in [0, 0.05) is 0 Å². The Balaban J connectivity index is 4.07. The van der Waals surface area contributed by atoms with Gasteiger partial charge < -0.3 is 0 Å². The maximum absolute atomic E-state index is 12.1. The second kappa shape index (κ2) is 2.20. The smallest absolute Gasteiger partial charge is 0.263 e. The van der Waals surface area contributed by atoms with Crippen LogP contribution in [0, 0.1) is 0 Å². The van der Waals surface area contributed by atoms with Crippen LogP contribution in [0.25, 0.3) is 0 Å². The van der Waals surface area contributed by atoms with E-state index in [1.54, 1.807) is 0 Å². The van der Waals surface area contributed by atoms with Crippen LogP contribution in [0.5, 0.6) is 0 Å². The van der Waals surface area contributed by atoms with E-state index in [-0.39, 0.29) is 0 Å². The van der Waals surface area contributed by atoms with Gasteiger partial charge in [-0.2, -0.15) is 8.42 Å². The highest BCUT2D eigenvalue weighted by Gasteiger charge is 2.23. The van der Waals surface area contributed by atoms with Crippen molar-refractivity contribution in [1.82, 2.24) is 0 Å². The first kappa shape index (κ1) is 8.80. The monoisotopic (exact) mass is 158 g/mol. The predicted molar refractivity (Wildman–Crippen MR) is 27.8 cm³/mol. The third kappa shape index (κ3) is 7.80. The molecule has 6 heteroatoms. The van der Waals surface area contributed by atoms with Gasteiger partial charge in [0.15, 0.2) is 0 Å². The first-order chi connectivity index (χ1) is 3.71. The summed E-state index contributed by atoms with van der Waals surface area (Å²) in [7, 11) is -4.66. The fourth-order valence-corrected chi connectivity index (χ4v) is 0.751. The number of rotatable bonds is 2. The lowest BCUT2D eigenvalue weighted by Crippen LogP contribution is -2.21. The summed E-state index contributed by atoms with van der Waals surface area (Å²) in [6.45, 7) is 1.72. The van der Waals surface area contributed by atoms with Gasteiger partial charge in [0.25, 0.3) is 0 Å². The molecule has 0 aromatic heterocycles. The first-order valence-electron chi connectivity index (χ1n) is 2.08. The molecule has 0 saturated carbocycles. The Labute approximate surface area is 52.6 Å². The highest BCUT2D eigenvalue weighted by Crippen LogP contribution is 2.12. The van der Waals surface area contributed by atoms with E-state index >= 15 is 0 Å². The Hall–Kier alpha value is -0.200. The van der Waals surface area contributed by atoms with Crippen LogP contribution >= 0.6 is 0 Å². The summed E-state index contributed by atoms with van der Waals surface area (Å²) in [5.41, 5.74) is 0. The largest absolute Gasteiger partial charge is 0.400 e. The molecule has 0 saturated heterocycles. The van der Waals surface area contributed by atoms with Gasteiger partial charge in [-0.05, 0) is 13.8 Å². The number of hydrogen-bond acceptors (Lipinski definition) is 3. The third-order valence-electron chi connectivity index (χ3n) is 0.303. The van der Waals surface area contributed by atoms with Crippen LogP contribution in [0.3, 0.4) is 0 Å². The van der Waals surface area contributed by atoms with Gasteiger partial charge in [-0.1, -0.05) is 0 Å². The molecule has 9 heavy (non-hydrogen) atoms. The molecule has 1 N–H and O–H groups in total. The van der Waals surface area contributed by atoms with E-state index in [0.29, 0.717) is 0 Å². The minimum Gasteiger partial charge on any atom is -0.263 e. The van der Waals surface area contributed by atoms with Crippen molar-refractivity contribution in [3.05, 3.63) is 0 Å². The highest BCUT2D eigenvalue weighted by molar-refractivity contribution is 7.80. The van der Waals surface area contributed by atoms with Crippen molar-refractivity contribution in [3.63, 3.8) is 0 Å². The molecule has 0 fully saturated rings. The van der Waals surface area contributed by atoms with Crippen molar-refractivity contribution in [2.24, 2.45) is 0 Å². The topological polar surface area (TPSA) is 63.6 Å². The molecule has 56 valence electrons. The fraction of sp³-hybridized carbons (Fsp3) is 1.00. The lowest BCUT2D eigenvalue weighted by Gasteiger charge is -2.10. The summed E-state index contributed by atoms with van der Waals surface area (Å²) < 4.78 is 43.0. The number of alkyl halides is 1. The molecule has 0 aromatic carbocycles. The molecule has 0 atom stereocenters. The number of halogens is 1. The summed E-state index contributed by atoms with van der Waals surface area (Å²) >= 11 is 0. The third-order valence-corrected chi connectivity index (χ3v) is 0.910. The van der Waals surface area contributed by atoms with Gasteiger partial charge in [0.05, 0.1) is 0 Å². The van der Waals surface area contributed by atoms with Crippen LogP contribution < -0.4 is 0 Å². The number of hydrogen-bond donors (Lipinski definition) is 1. The summed E-state index contributed by atoms with van der Waals surface area (Å²) in [4.78, 5) is 0. The van der Waals surface area contributed by atoms with Crippen LogP contribution in [0.2, 0.25) is 0 Å². The van der Waals surface area contributed by atoms with Crippen LogP contribution in [0.1, 0.15) is 13.8 Å². The van der Waals surface area contributed by atoms with E-state index in [2.05, 4.69) is 4.18 Å². The zero-order valence-corrected chi connectivity index (χ0v) is 5.77. The van der Waals surface area contributed by atoms with Crippen molar-refractivity contribution in [1.29, 1.82) is 0 Å². The van der Waals surface area contributed by atoms with Crippen LogP contribution in [-0.2, 0) is 14.6 Å².